The molecule has 0 aliphatic heterocycles. The molecule has 4 rings (SSSR count). The van der Waals surface area contributed by atoms with Gasteiger partial charge >= 0.3 is 0 Å². The summed E-state index contributed by atoms with van der Waals surface area (Å²) in [6.45, 7) is 2.73. The van der Waals surface area contributed by atoms with Crippen LogP contribution in [0.5, 0.6) is 0 Å². The minimum absolute atomic E-state index is 0.0767. The van der Waals surface area contributed by atoms with Gasteiger partial charge in [-0.05, 0) is 48.2 Å². The molecule has 1 N–H and O–H groups in total. The van der Waals surface area contributed by atoms with Crippen molar-refractivity contribution in [1.29, 1.82) is 0 Å². The number of nitrogens with one attached hydrogen (secondary N) is 1. The first-order chi connectivity index (χ1) is 15.6. The zero-order chi connectivity index (χ0) is 22.3. The van der Waals surface area contributed by atoms with Crippen LogP contribution in [0.2, 0.25) is 0 Å². The molecular formula is C23H21N5O2S2. The van der Waals surface area contributed by atoms with Crippen LogP contribution >= 0.6 is 23.1 Å². The van der Waals surface area contributed by atoms with Crippen molar-refractivity contribution >= 4 is 40.5 Å². The molecule has 32 heavy (non-hydrogen) atoms. The van der Waals surface area contributed by atoms with E-state index in [0.29, 0.717) is 28.0 Å². The molecule has 0 fully saturated rings. The Labute approximate surface area is 193 Å². The van der Waals surface area contributed by atoms with E-state index in [-0.39, 0.29) is 18.1 Å². The molecule has 0 aliphatic rings. The van der Waals surface area contributed by atoms with E-state index in [2.05, 4.69) is 20.5 Å². The van der Waals surface area contributed by atoms with E-state index < -0.39 is 0 Å². The first-order valence-corrected chi connectivity index (χ1v) is 11.9. The molecule has 3 heterocycles. The maximum Gasteiger partial charge on any atom is 0.265 e. The van der Waals surface area contributed by atoms with Crippen molar-refractivity contribution < 1.29 is 9.59 Å². The van der Waals surface area contributed by atoms with Crippen LogP contribution in [-0.4, -0.2) is 37.2 Å². The van der Waals surface area contributed by atoms with Gasteiger partial charge in [0.25, 0.3) is 5.91 Å². The van der Waals surface area contributed by atoms with Crippen LogP contribution in [0, 0.1) is 0 Å². The Hall–Kier alpha value is -3.30. The number of aromatic nitrogens is 4. The fraction of sp³-hybridized carbons (Fsp3) is 0.174. The van der Waals surface area contributed by atoms with Crippen LogP contribution in [-0.2, 0) is 17.8 Å². The van der Waals surface area contributed by atoms with Gasteiger partial charge in [0.15, 0.2) is 11.0 Å². The van der Waals surface area contributed by atoms with Crippen LogP contribution in [0.1, 0.15) is 22.2 Å². The van der Waals surface area contributed by atoms with Gasteiger partial charge in [0.2, 0.25) is 0 Å². The van der Waals surface area contributed by atoms with E-state index in [1.807, 2.05) is 59.3 Å². The zero-order valence-corrected chi connectivity index (χ0v) is 19.0. The largest absolute Gasteiger partial charge is 0.321 e. The summed E-state index contributed by atoms with van der Waals surface area (Å²) in [5, 5.41) is 14.0. The number of benzene rings is 1. The Bertz CT molecular complexity index is 1210. The molecule has 0 bridgehead atoms. The molecular weight excluding hydrogens is 442 g/mol. The molecule has 4 aromatic rings. The molecule has 1 amide bonds. The number of Topliss-reactive ketones (excluding diaryl/α,β-unsaturated/α-hetero) is 1. The number of carbonyl (C=O) groups is 2. The molecule has 0 aliphatic carbocycles. The lowest BCUT2D eigenvalue weighted by molar-refractivity contribution is -0.116. The van der Waals surface area contributed by atoms with Crippen molar-refractivity contribution in [3.05, 3.63) is 76.7 Å². The van der Waals surface area contributed by atoms with Crippen LogP contribution in [0.25, 0.3) is 11.4 Å². The topological polar surface area (TPSA) is 89.8 Å². The Morgan fingerprint density at radius 3 is 2.69 bits per heavy atom. The molecule has 0 saturated carbocycles. The Kier molecular flexibility index (Phi) is 7.08. The number of anilines is 1. The number of thiophene rings is 1. The molecule has 162 valence electrons. The summed E-state index contributed by atoms with van der Waals surface area (Å²) in [5.74, 6) is 0.982. The highest BCUT2D eigenvalue weighted by atomic mass is 32.2. The van der Waals surface area contributed by atoms with Gasteiger partial charge in [-0.2, -0.15) is 0 Å². The third kappa shape index (κ3) is 5.30. The summed E-state index contributed by atoms with van der Waals surface area (Å²) in [4.78, 5) is 29.5. The average Bonchev–Trinajstić information content (AvgIpc) is 3.48. The number of hydrogen-bond acceptors (Lipinski definition) is 7. The SMILES string of the molecule is CCn1c(SCC(=O)Cc2cccc(NC(=O)c3cccs3)c2)nnc1-c1ccncc1. The highest BCUT2D eigenvalue weighted by molar-refractivity contribution is 7.99. The molecule has 0 saturated heterocycles. The van der Waals surface area contributed by atoms with Gasteiger partial charge in [-0.25, -0.2) is 0 Å². The van der Waals surface area contributed by atoms with Gasteiger partial charge in [0.1, 0.15) is 5.78 Å². The predicted molar refractivity (Wildman–Crippen MR) is 127 cm³/mol. The molecule has 3 aromatic heterocycles. The van der Waals surface area contributed by atoms with Gasteiger partial charge < -0.3 is 9.88 Å². The van der Waals surface area contributed by atoms with E-state index in [0.717, 1.165) is 17.0 Å². The van der Waals surface area contributed by atoms with E-state index in [4.69, 9.17) is 0 Å². The van der Waals surface area contributed by atoms with Crippen LogP contribution in [0.3, 0.4) is 0 Å². The lowest BCUT2D eigenvalue weighted by Gasteiger charge is -2.08. The Balaban J connectivity index is 1.37. The van der Waals surface area contributed by atoms with Crippen molar-refractivity contribution in [3.8, 4) is 11.4 Å². The molecule has 1 aromatic carbocycles. The fourth-order valence-electron chi connectivity index (χ4n) is 3.18. The highest BCUT2D eigenvalue weighted by Crippen LogP contribution is 2.24. The number of nitrogens with zero attached hydrogens (tertiary/aromatic N) is 4. The van der Waals surface area contributed by atoms with E-state index in [9.17, 15) is 9.59 Å². The number of ketones is 1. The standard InChI is InChI=1S/C23H21N5O2S2/c1-2-28-21(17-8-10-24-11-9-17)26-27-23(28)32-15-19(29)14-16-5-3-6-18(13-16)25-22(30)20-7-4-12-31-20/h3-13H,2,14-15H2,1H3,(H,25,30). The molecule has 7 nitrogen and oxygen atoms in total. The first kappa shape index (κ1) is 21.9. The molecule has 0 radical (unpaired) electrons. The van der Waals surface area contributed by atoms with Gasteiger partial charge in [-0.3, -0.25) is 14.6 Å². The number of amides is 1. The smallest absolute Gasteiger partial charge is 0.265 e. The van der Waals surface area contributed by atoms with Crippen LogP contribution in [0.15, 0.2) is 71.5 Å². The van der Waals surface area contributed by atoms with Crippen LogP contribution < -0.4 is 5.32 Å². The van der Waals surface area contributed by atoms with Gasteiger partial charge in [-0.15, -0.1) is 21.5 Å². The molecule has 0 spiro atoms. The number of rotatable bonds is 9. The number of hydrogen-bond donors (Lipinski definition) is 1. The summed E-state index contributed by atoms with van der Waals surface area (Å²) in [6.07, 6.45) is 3.72. The van der Waals surface area contributed by atoms with Crippen LogP contribution in [0.4, 0.5) is 5.69 Å². The monoisotopic (exact) mass is 463 g/mol. The Morgan fingerprint density at radius 1 is 1.09 bits per heavy atom. The predicted octanol–water partition coefficient (Wildman–Crippen LogP) is 4.58. The second-order valence-corrected chi connectivity index (χ2v) is 8.81. The maximum atomic E-state index is 12.6. The lowest BCUT2D eigenvalue weighted by atomic mass is 10.1. The van der Waals surface area contributed by atoms with Gasteiger partial charge in [0, 0.05) is 36.6 Å². The maximum absolute atomic E-state index is 12.6. The summed E-state index contributed by atoms with van der Waals surface area (Å²) < 4.78 is 1.99. The minimum atomic E-state index is -0.150. The number of thioether (sulfide) groups is 1. The molecule has 9 heteroatoms. The summed E-state index contributed by atoms with van der Waals surface area (Å²) in [6, 6.07) is 14.8. The summed E-state index contributed by atoms with van der Waals surface area (Å²) in [7, 11) is 0. The van der Waals surface area contributed by atoms with E-state index >= 15 is 0 Å². The number of carbonyl (C=O) groups excluding carboxylic acids is 2. The normalized spacial score (nSPS) is 10.8. The third-order valence-corrected chi connectivity index (χ3v) is 6.56. The molecule has 0 atom stereocenters. The second-order valence-electron chi connectivity index (χ2n) is 6.92. The van der Waals surface area contributed by atoms with E-state index in [1.165, 1.54) is 23.1 Å². The van der Waals surface area contributed by atoms with Gasteiger partial charge in [0.05, 0.1) is 10.6 Å². The zero-order valence-electron chi connectivity index (χ0n) is 17.4. The van der Waals surface area contributed by atoms with Crippen molar-refractivity contribution in [1.82, 2.24) is 19.7 Å². The fourth-order valence-corrected chi connectivity index (χ4v) is 4.66. The van der Waals surface area contributed by atoms with Crippen molar-refractivity contribution in [2.45, 2.75) is 25.0 Å². The summed E-state index contributed by atoms with van der Waals surface area (Å²) >= 11 is 2.77. The average molecular weight is 464 g/mol. The quantitative estimate of drug-likeness (QED) is 0.366. The molecule has 0 unspecified atom stereocenters. The van der Waals surface area contributed by atoms with Crippen molar-refractivity contribution in [2.24, 2.45) is 0 Å². The first-order valence-electron chi connectivity index (χ1n) is 10.1. The second kappa shape index (κ2) is 10.3. The highest BCUT2D eigenvalue weighted by Gasteiger charge is 2.15. The number of pyridine rings is 1. The van der Waals surface area contributed by atoms with E-state index in [1.54, 1.807) is 18.5 Å². The lowest BCUT2D eigenvalue weighted by Crippen LogP contribution is -2.11. The van der Waals surface area contributed by atoms with Crippen molar-refractivity contribution in [3.63, 3.8) is 0 Å². The summed E-state index contributed by atoms with van der Waals surface area (Å²) in [5.41, 5.74) is 2.47. The Morgan fingerprint density at radius 2 is 1.94 bits per heavy atom. The van der Waals surface area contributed by atoms with Crippen molar-refractivity contribution in [2.75, 3.05) is 11.1 Å². The third-order valence-electron chi connectivity index (χ3n) is 4.66. The van der Waals surface area contributed by atoms with Gasteiger partial charge in [-0.1, -0.05) is 30.0 Å². The minimum Gasteiger partial charge on any atom is -0.321 e.